The molecule has 0 fully saturated rings. The van der Waals surface area contributed by atoms with E-state index in [1.807, 2.05) is 18.2 Å². The van der Waals surface area contributed by atoms with Crippen molar-refractivity contribution in [1.29, 1.82) is 0 Å². The van der Waals surface area contributed by atoms with Crippen LogP contribution < -0.4 is 14.8 Å². The minimum atomic E-state index is -0.448. The van der Waals surface area contributed by atoms with Gasteiger partial charge in [-0.15, -0.1) is 0 Å². The van der Waals surface area contributed by atoms with E-state index in [0.717, 1.165) is 30.4 Å². The first-order valence-electron chi connectivity index (χ1n) is 9.60. The van der Waals surface area contributed by atoms with Gasteiger partial charge in [0.25, 0.3) is 5.91 Å². The molecule has 1 aliphatic heterocycles. The molecule has 0 radical (unpaired) electrons. The highest BCUT2D eigenvalue weighted by molar-refractivity contribution is 5.81. The van der Waals surface area contributed by atoms with E-state index in [4.69, 9.17) is 14.2 Å². The van der Waals surface area contributed by atoms with Gasteiger partial charge < -0.3 is 19.5 Å². The predicted molar refractivity (Wildman–Crippen MR) is 102 cm³/mol. The molecule has 28 heavy (non-hydrogen) atoms. The summed E-state index contributed by atoms with van der Waals surface area (Å²) in [7, 11) is 0. The molecule has 0 saturated heterocycles. The molecular formula is C22H23NO5. The van der Waals surface area contributed by atoms with E-state index in [9.17, 15) is 9.59 Å². The monoisotopic (exact) mass is 381 g/mol. The SMILES string of the molecule is O=C(COC(=O)Cc1ccc2c(c1)OCCO2)N[C@H]1CCCc2ccccc21. The van der Waals surface area contributed by atoms with Crippen LogP contribution in [-0.4, -0.2) is 31.7 Å². The molecule has 6 heteroatoms. The van der Waals surface area contributed by atoms with Gasteiger partial charge in [-0.1, -0.05) is 30.3 Å². The number of amides is 1. The molecule has 1 atom stereocenters. The number of hydrogen-bond acceptors (Lipinski definition) is 5. The summed E-state index contributed by atoms with van der Waals surface area (Å²) in [6.07, 6.45) is 3.04. The molecule has 2 aromatic carbocycles. The third-order valence-corrected chi connectivity index (χ3v) is 5.02. The van der Waals surface area contributed by atoms with Crippen LogP contribution in [0.1, 0.15) is 35.6 Å². The smallest absolute Gasteiger partial charge is 0.310 e. The summed E-state index contributed by atoms with van der Waals surface area (Å²) < 4.78 is 16.1. The lowest BCUT2D eigenvalue weighted by Crippen LogP contribution is -2.34. The summed E-state index contributed by atoms with van der Waals surface area (Å²) in [6, 6.07) is 13.5. The molecule has 0 bridgehead atoms. The summed E-state index contributed by atoms with van der Waals surface area (Å²) in [5, 5.41) is 2.98. The van der Waals surface area contributed by atoms with Crippen molar-refractivity contribution < 1.29 is 23.8 Å². The van der Waals surface area contributed by atoms with E-state index < -0.39 is 5.97 Å². The van der Waals surface area contributed by atoms with Gasteiger partial charge in [-0.2, -0.15) is 0 Å². The maximum atomic E-state index is 12.2. The highest BCUT2D eigenvalue weighted by atomic mass is 16.6. The Morgan fingerprint density at radius 3 is 2.79 bits per heavy atom. The topological polar surface area (TPSA) is 73.9 Å². The fraction of sp³-hybridized carbons (Fsp3) is 0.364. The highest BCUT2D eigenvalue weighted by Crippen LogP contribution is 2.31. The van der Waals surface area contributed by atoms with Crippen molar-refractivity contribution in [1.82, 2.24) is 5.32 Å². The van der Waals surface area contributed by atoms with E-state index in [2.05, 4.69) is 11.4 Å². The van der Waals surface area contributed by atoms with Crippen LogP contribution in [0.2, 0.25) is 0 Å². The minimum Gasteiger partial charge on any atom is -0.486 e. The van der Waals surface area contributed by atoms with Gasteiger partial charge in [-0.3, -0.25) is 9.59 Å². The number of carbonyl (C=O) groups is 2. The summed E-state index contributed by atoms with van der Waals surface area (Å²) in [6.45, 7) is 0.738. The third kappa shape index (κ3) is 4.27. The maximum Gasteiger partial charge on any atom is 0.310 e. The van der Waals surface area contributed by atoms with Crippen molar-refractivity contribution in [3.05, 3.63) is 59.2 Å². The molecule has 1 heterocycles. The second-order valence-corrected chi connectivity index (χ2v) is 7.03. The van der Waals surface area contributed by atoms with Gasteiger partial charge >= 0.3 is 5.97 Å². The summed E-state index contributed by atoms with van der Waals surface area (Å²) in [5.74, 6) is 0.578. The lowest BCUT2D eigenvalue weighted by Gasteiger charge is -2.26. The lowest BCUT2D eigenvalue weighted by molar-refractivity contribution is -0.148. The molecule has 1 aliphatic carbocycles. The Hall–Kier alpha value is -3.02. The van der Waals surface area contributed by atoms with Crippen LogP contribution in [0.15, 0.2) is 42.5 Å². The number of aryl methyl sites for hydroxylation is 1. The Morgan fingerprint density at radius 2 is 1.89 bits per heavy atom. The molecule has 0 spiro atoms. The van der Waals surface area contributed by atoms with Crippen molar-refractivity contribution in [3.63, 3.8) is 0 Å². The summed E-state index contributed by atoms with van der Waals surface area (Å²) in [4.78, 5) is 24.3. The number of benzene rings is 2. The Kier molecular flexibility index (Phi) is 5.46. The number of fused-ring (bicyclic) bond motifs is 2. The summed E-state index contributed by atoms with van der Waals surface area (Å²) in [5.41, 5.74) is 3.19. The van der Waals surface area contributed by atoms with Crippen LogP contribution in [0.4, 0.5) is 0 Å². The van der Waals surface area contributed by atoms with Gasteiger partial charge in [-0.25, -0.2) is 0 Å². The molecule has 0 unspecified atom stereocenters. The molecule has 2 aromatic rings. The van der Waals surface area contributed by atoms with Crippen molar-refractivity contribution in [2.45, 2.75) is 31.7 Å². The normalized spacial score (nSPS) is 17.4. The van der Waals surface area contributed by atoms with Gasteiger partial charge in [0, 0.05) is 0 Å². The Balaban J connectivity index is 1.28. The molecule has 0 aromatic heterocycles. The Labute approximate surface area is 163 Å². The first-order chi connectivity index (χ1) is 13.7. The first kappa shape index (κ1) is 18.3. The molecule has 4 rings (SSSR count). The van der Waals surface area contributed by atoms with E-state index in [1.165, 1.54) is 5.56 Å². The largest absolute Gasteiger partial charge is 0.486 e. The molecule has 2 aliphatic rings. The van der Waals surface area contributed by atoms with E-state index in [1.54, 1.807) is 18.2 Å². The maximum absolute atomic E-state index is 12.2. The van der Waals surface area contributed by atoms with Crippen molar-refractivity contribution in [2.75, 3.05) is 19.8 Å². The van der Waals surface area contributed by atoms with Crippen LogP contribution in [0, 0.1) is 0 Å². The number of esters is 1. The second kappa shape index (κ2) is 8.33. The van der Waals surface area contributed by atoms with Gasteiger partial charge in [0.05, 0.1) is 12.5 Å². The molecule has 1 N–H and O–H groups in total. The summed E-state index contributed by atoms with van der Waals surface area (Å²) >= 11 is 0. The highest BCUT2D eigenvalue weighted by Gasteiger charge is 2.22. The molecular weight excluding hydrogens is 358 g/mol. The van der Waals surface area contributed by atoms with Gasteiger partial charge in [0.1, 0.15) is 13.2 Å². The number of ether oxygens (including phenoxy) is 3. The van der Waals surface area contributed by atoms with Crippen molar-refractivity contribution >= 4 is 11.9 Å². The Bertz CT molecular complexity index is 879. The first-order valence-corrected chi connectivity index (χ1v) is 9.60. The number of nitrogens with one attached hydrogen (secondary N) is 1. The number of carbonyl (C=O) groups excluding carboxylic acids is 2. The van der Waals surface area contributed by atoms with E-state index >= 15 is 0 Å². The number of hydrogen-bond donors (Lipinski definition) is 1. The van der Waals surface area contributed by atoms with Crippen LogP contribution in [0.5, 0.6) is 11.5 Å². The fourth-order valence-corrected chi connectivity index (χ4v) is 3.70. The minimum absolute atomic E-state index is 0.0195. The van der Waals surface area contributed by atoms with Crippen molar-refractivity contribution in [2.24, 2.45) is 0 Å². The van der Waals surface area contributed by atoms with Gasteiger partial charge in [-0.05, 0) is 48.1 Å². The zero-order valence-corrected chi connectivity index (χ0v) is 15.6. The zero-order chi connectivity index (χ0) is 19.3. The molecule has 6 nitrogen and oxygen atoms in total. The average Bonchev–Trinajstić information content (AvgIpc) is 2.72. The second-order valence-electron chi connectivity index (χ2n) is 7.03. The molecule has 146 valence electrons. The fourth-order valence-electron chi connectivity index (χ4n) is 3.70. The van der Waals surface area contributed by atoms with E-state index in [-0.39, 0.29) is 25.0 Å². The zero-order valence-electron chi connectivity index (χ0n) is 15.6. The van der Waals surface area contributed by atoms with Crippen LogP contribution >= 0.6 is 0 Å². The van der Waals surface area contributed by atoms with Gasteiger partial charge in [0.2, 0.25) is 0 Å². The predicted octanol–water partition coefficient (Wildman–Crippen LogP) is 2.74. The molecule has 0 saturated carbocycles. The third-order valence-electron chi connectivity index (χ3n) is 5.02. The van der Waals surface area contributed by atoms with Crippen LogP contribution in [0.3, 0.4) is 0 Å². The quantitative estimate of drug-likeness (QED) is 0.806. The van der Waals surface area contributed by atoms with E-state index in [0.29, 0.717) is 24.7 Å². The standard InChI is InChI=1S/C22H23NO5/c24-21(23-18-7-3-5-16-4-1-2-6-17(16)18)14-28-22(25)13-15-8-9-19-20(12-15)27-11-10-26-19/h1-2,4,6,8-9,12,18H,3,5,7,10-11,13-14H2,(H,23,24)/t18-/m0/s1. The lowest BCUT2D eigenvalue weighted by atomic mass is 9.88. The number of rotatable bonds is 5. The van der Waals surface area contributed by atoms with Gasteiger partial charge in [0.15, 0.2) is 18.1 Å². The Morgan fingerprint density at radius 1 is 1.07 bits per heavy atom. The van der Waals surface area contributed by atoms with Crippen LogP contribution in [0.25, 0.3) is 0 Å². The van der Waals surface area contributed by atoms with Crippen LogP contribution in [-0.2, 0) is 27.2 Å². The average molecular weight is 381 g/mol. The molecule has 1 amide bonds. The van der Waals surface area contributed by atoms with Crippen molar-refractivity contribution in [3.8, 4) is 11.5 Å².